The minimum Gasteiger partial charge on any atom is -0.478 e. The number of Topliss-reactive ketones (excluding diaryl/α,β-unsaturated/α-hetero) is 1. The second-order valence-corrected chi connectivity index (χ2v) is 10.9. The Balaban J connectivity index is 1.70. The number of rotatable bonds is 8. The number of hydrogen-bond donors (Lipinski definition) is 2. The van der Waals surface area contributed by atoms with Crippen molar-refractivity contribution in [2.75, 3.05) is 0 Å². The van der Waals surface area contributed by atoms with Crippen molar-refractivity contribution in [1.82, 2.24) is 5.32 Å². The van der Waals surface area contributed by atoms with Crippen molar-refractivity contribution in [3.8, 4) is 5.75 Å². The molecule has 2 fully saturated rings. The van der Waals surface area contributed by atoms with Gasteiger partial charge in [0.15, 0.2) is 5.78 Å². The van der Waals surface area contributed by atoms with Crippen molar-refractivity contribution in [3.05, 3.63) is 41.0 Å². The first-order valence-corrected chi connectivity index (χ1v) is 13.3. The average molecular weight is 548 g/mol. The monoisotopic (exact) mass is 547 g/mol. The van der Waals surface area contributed by atoms with Crippen LogP contribution in [0.2, 0.25) is 0 Å². The number of carboxylic acid groups (broad SMARTS) is 1. The molecule has 0 bridgehead atoms. The molecule has 0 aromatic heterocycles. The molecule has 0 saturated heterocycles. The summed E-state index contributed by atoms with van der Waals surface area (Å²) in [6.07, 6.45) is -0.422. The molecule has 4 rings (SSSR count). The molecule has 2 N–H and O–H groups in total. The van der Waals surface area contributed by atoms with E-state index in [0.717, 1.165) is 25.7 Å². The van der Waals surface area contributed by atoms with Crippen LogP contribution in [-0.2, 0) is 4.79 Å². The fourth-order valence-corrected chi connectivity index (χ4v) is 5.95. The van der Waals surface area contributed by atoms with E-state index in [-0.39, 0.29) is 83.7 Å². The summed E-state index contributed by atoms with van der Waals surface area (Å²) in [5.74, 6) is -3.39. The second-order valence-electron chi connectivity index (χ2n) is 10.9. The number of alkyl halides is 3. The molecule has 0 aliphatic heterocycles. The number of benzene rings is 2. The van der Waals surface area contributed by atoms with Crippen LogP contribution in [-0.4, -0.2) is 41.5 Å². The standard InChI is InChI=1S/C29H32F3NO6/c1-16-2-8-19(9-3-16)33-27(36)21-10-11-22(28(37)38)25-20(12-13-24(26(21)25)39-15-34)23(35)14-17-4-6-18(7-5-17)29(30,31)32/h10-13,15-19H,2-9,14H2,1H3,(H,33,36)(H,37,38). The third-order valence-corrected chi connectivity index (χ3v) is 8.21. The van der Waals surface area contributed by atoms with E-state index >= 15 is 0 Å². The molecule has 10 heteroatoms. The van der Waals surface area contributed by atoms with Crippen LogP contribution >= 0.6 is 0 Å². The first-order valence-electron chi connectivity index (χ1n) is 13.3. The maximum absolute atomic E-state index is 13.5. The molecule has 2 aliphatic carbocycles. The van der Waals surface area contributed by atoms with Gasteiger partial charge in [0.1, 0.15) is 5.75 Å². The van der Waals surface area contributed by atoms with Gasteiger partial charge in [0.05, 0.1) is 17.0 Å². The van der Waals surface area contributed by atoms with Gasteiger partial charge in [0.25, 0.3) is 12.4 Å². The van der Waals surface area contributed by atoms with Crippen LogP contribution in [0.3, 0.4) is 0 Å². The van der Waals surface area contributed by atoms with Crippen LogP contribution < -0.4 is 10.1 Å². The summed E-state index contributed by atoms with van der Waals surface area (Å²) in [5, 5.41) is 12.9. The zero-order chi connectivity index (χ0) is 28.3. The van der Waals surface area contributed by atoms with Gasteiger partial charge in [0, 0.05) is 28.8 Å². The van der Waals surface area contributed by atoms with E-state index in [1.807, 2.05) is 0 Å². The Bertz CT molecular complexity index is 1260. The van der Waals surface area contributed by atoms with Gasteiger partial charge in [-0.1, -0.05) is 6.92 Å². The van der Waals surface area contributed by atoms with E-state index in [9.17, 15) is 37.5 Å². The number of halogens is 3. The summed E-state index contributed by atoms with van der Waals surface area (Å²) < 4.78 is 44.3. The fourth-order valence-electron chi connectivity index (χ4n) is 5.95. The third-order valence-electron chi connectivity index (χ3n) is 8.21. The Labute approximate surface area is 224 Å². The number of aromatic carboxylic acids is 1. The third kappa shape index (κ3) is 6.42. The molecule has 210 valence electrons. The zero-order valence-corrected chi connectivity index (χ0v) is 21.7. The van der Waals surface area contributed by atoms with Gasteiger partial charge < -0.3 is 15.2 Å². The summed E-state index contributed by atoms with van der Waals surface area (Å²) in [5.41, 5.74) is -0.140. The van der Waals surface area contributed by atoms with Gasteiger partial charge in [-0.2, -0.15) is 13.2 Å². The summed E-state index contributed by atoms with van der Waals surface area (Å²) in [4.78, 5) is 50.3. The molecule has 2 saturated carbocycles. The van der Waals surface area contributed by atoms with Gasteiger partial charge in [-0.05, 0) is 87.5 Å². The number of hydrogen-bond acceptors (Lipinski definition) is 5. The molecule has 1 amide bonds. The highest BCUT2D eigenvalue weighted by atomic mass is 19.4. The quantitative estimate of drug-likeness (QED) is 0.296. The van der Waals surface area contributed by atoms with Crippen molar-refractivity contribution in [3.63, 3.8) is 0 Å². The Morgan fingerprint density at radius 1 is 0.923 bits per heavy atom. The fraction of sp³-hybridized carbons (Fsp3) is 0.517. The number of nitrogens with one attached hydrogen (secondary N) is 1. The van der Waals surface area contributed by atoms with E-state index in [1.54, 1.807) is 0 Å². The topological polar surface area (TPSA) is 110 Å². The molecule has 0 radical (unpaired) electrons. The van der Waals surface area contributed by atoms with E-state index in [2.05, 4.69) is 12.2 Å². The van der Waals surface area contributed by atoms with Crippen molar-refractivity contribution < 1.29 is 42.2 Å². The number of ketones is 1. The summed E-state index contributed by atoms with van der Waals surface area (Å²) in [6, 6.07) is 5.22. The molecule has 2 aliphatic rings. The summed E-state index contributed by atoms with van der Waals surface area (Å²) >= 11 is 0. The molecule has 2 aromatic carbocycles. The smallest absolute Gasteiger partial charge is 0.391 e. The number of fused-ring (bicyclic) bond motifs is 1. The number of carboxylic acids is 1. The van der Waals surface area contributed by atoms with E-state index in [0.29, 0.717) is 5.92 Å². The van der Waals surface area contributed by atoms with Crippen LogP contribution in [0.5, 0.6) is 5.75 Å². The van der Waals surface area contributed by atoms with Crippen LogP contribution in [0.25, 0.3) is 10.8 Å². The highest BCUT2D eigenvalue weighted by Gasteiger charge is 2.41. The summed E-state index contributed by atoms with van der Waals surface area (Å²) in [7, 11) is 0. The second kappa shape index (κ2) is 11.8. The lowest BCUT2D eigenvalue weighted by Gasteiger charge is -2.29. The lowest BCUT2D eigenvalue weighted by Crippen LogP contribution is -2.37. The molecule has 7 nitrogen and oxygen atoms in total. The Hall–Kier alpha value is -3.43. The molecule has 0 atom stereocenters. The van der Waals surface area contributed by atoms with E-state index in [1.165, 1.54) is 24.3 Å². The van der Waals surface area contributed by atoms with E-state index in [4.69, 9.17) is 4.74 Å². The van der Waals surface area contributed by atoms with Gasteiger partial charge in [-0.25, -0.2) is 4.79 Å². The van der Waals surface area contributed by atoms with Crippen molar-refractivity contribution in [2.45, 2.75) is 76.9 Å². The van der Waals surface area contributed by atoms with Crippen LogP contribution in [0, 0.1) is 17.8 Å². The Morgan fingerprint density at radius 3 is 2.13 bits per heavy atom. The number of carbonyl (C=O) groups excluding carboxylic acids is 3. The van der Waals surface area contributed by atoms with Crippen molar-refractivity contribution in [2.24, 2.45) is 17.8 Å². The van der Waals surface area contributed by atoms with Crippen LogP contribution in [0.15, 0.2) is 24.3 Å². The lowest BCUT2D eigenvalue weighted by atomic mass is 9.78. The predicted octanol–water partition coefficient (Wildman–Crippen LogP) is 6.32. The maximum atomic E-state index is 13.5. The van der Waals surface area contributed by atoms with Gasteiger partial charge in [0.2, 0.25) is 0 Å². The van der Waals surface area contributed by atoms with Crippen molar-refractivity contribution in [1.29, 1.82) is 0 Å². The first-order chi connectivity index (χ1) is 18.5. The molecule has 2 aromatic rings. The Kier molecular flexibility index (Phi) is 8.61. The number of ether oxygens (including phenoxy) is 1. The van der Waals surface area contributed by atoms with Crippen LogP contribution in [0.4, 0.5) is 13.2 Å². The van der Waals surface area contributed by atoms with Crippen molar-refractivity contribution >= 4 is 34.9 Å². The SMILES string of the molecule is CC1CCC(NC(=O)c2ccc(C(=O)O)c3c(C(=O)CC4CCC(C(F)(F)F)CC4)ccc(OC=O)c23)CC1. The zero-order valence-electron chi connectivity index (χ0n) is 21.7. The first kappa shape index (κ1) is 28.6. The number of carbonyl (C=O) groups is 4. The van der Waals surface area contributed by atoms with Crippen LogP contribution in [0.1, 0.15) is 95.8 Å². The minimum atomic E-state index is -4.26. The number of amides is 1. The lowest BCUT2D eigenvalue weighted by molar-refractivity contribution is -0.183. The van der Waals surface area contributed by atoms with Gasteiger partial charge in [-0.15, -0.1) is 0 Å². The molecular formula is C29H32F3NO6. The normalized spacial score (nSPS) is 23.7. The molecule has 0 spiro atoms. The van der Waals surface area contributed by atoms with Gasteiger partial charge >= 0.3 is 12.1 Å². The largest absolute Gasteiger partial charge is 0.478 e. The maximum Gasteiger partial charge on any atom is 0.391 e. The highest BCUT2D eigenvalue weighted by molar-refractivity contribution is 6.21. The van der Waals surface area contributed by atoms with E-state index < -0.39 is 29.8 Å². The molecular weight excluding hydrogens is 515 g/mol. The molecule has 0 unspecified atom stereocenters. The minimum absolute atomic E-state index is 0.0271. The summed E-state index contributed by atoms with van der Waals surface area (Å²) in [6.45, 7) is 2.31. The molecule has 39 heavy (non-hydrogen) atoms. The Morgan fingerprint density at radius 2 is 1.54 bits per heavy atom. The average Bonchev–Trinajstić information content (AvgIpc) is 2.89. The van der Waals surface area contributed by atoms with Gasteiger partial charge in [-0.3, -0.25) is 14.4 Å². The highest BCUT2D eigenvalue weighted by Crippen LogP contribution is 2.41. The predicted molar refractivity (Wildman–Crippen MR) is 137 cm³/mol. The molecule has 0 heterocycles.